The molecule has 1 fully saturated rings. The Morgan fingerprint density at radius 1 is 1.28 bits per heavy atom. The highest BCUT2D eigenvalue weighted by Gasteiger charge is 2.45. The van der Waals surface area contributed by atoms with Crippen LogP contribution in [0.5, 0.6) is 11.5 Å². The Balaban J connectivity index is 1.64. The lowest BCUT2D eigenvalue weighted by Gasteiger charge is -2.27. The number of carbonyl (C=O) groups is 1. The van der Waals surface area contributed by atoms with Crippen LogP contribution in [-0.2, 0) is 5.60 Å². The molecular weight excluding hydrogens is 340 g/mol. The van der Waals surface area contributed by atoms with Gasteiger partial charge >= 0.3 is 6.03 Å². The first-order valence-electron chi connectivity index (χ1n) is 8.09. The molecule has 0 spiro atoms. The van der Waals surface area contributed by atoms with Crippen LogP contribution in [0.4, 0.5) is 10.5 Å². The van der Waals surface area contributed by atoms with Gasteiger partial charge in [0.25, 0.3) is 0 Å². The number of carbonyl (C=O) groups excluding carboxylic acids is 1. The lowest BCUT2D eigenvalue weighted by atomic mass is 9.96. The summed E-state index contributed by atoms with van der Waals surface area (Å²) in [7, 11) is 3.10. The predicted octanol–water partition coefficient (Wildman–Crippen LogP) is 3.18. The molecule has 3 rings (SSSR count). The molecule has 3 N–H and O–H groups in total. The minimum atomic E-state index is -1.00. The maximum Gasteiger partial charge on any atom is 0.319 e. The number of aliphatic hydroxyl groups is 1. The number of methoxy groups -OCH3 is 2. The van der Waals surface area contributed by atoms with E-state index in [4.69, 9.17) is 9.47 Å². The average molecular weight is 362 g/mol. The van der Waals surface area contributed by atoms with Gasteiger partial charge in [-0.3, -0.25) is 0 Å². The number of urea groups is 1. The molecule has 7 heteroatoms. The molecule has 1 unspecified atom stereocenters. The molecule has 0 aliphatic heterocycles. The van der Waals surface area contributed by atoms with Crippen molar-refractivity contribution < 1.29 is 19.4 Å². The minimum Gasteiger partial charge on any atom is -0.497 e. The second kappa shape index (κ2) is 7.33. The van der Waals surface area contributed by atoms with Gasteiger partial charge in [0.1, 0.15) is 17.1 Å². The van der Waals surface area contributed by atoms with E-state index >= 15 is 0 Å². The van der Waals surface area contributed by atoms with Gasteiger partial charge in [-0.15, -0.1) is 11.3 Å². The maximum absolute atomic E-state index is 12.3. The van der Waals surface area contributed by atoms with E-state index in [0.29, 0.717) is 17.2 Å². The standard InChI is InChI=1S/C18H22N2O4S/c1-23-14-8-13(9-15(10-14)24-2)20-17(21)19-11-18(22,12-5-6-12)16-4-3-7-25-16/h3-4,7-10,12,22H,5-6,11H2,1-2H3,(H2,19,20,21). The van der Waals surface area contributed by atoms with E-state index in [1.54, 1.807) is 32.4 Å². The summed E-state index contributed by atoms with van der Waals surface area (Å²) in [5.41, 5.74) is -0.447. The molecule has 0 radical (unpaired) electrons. The van der Waals surface area contributed by atoms with Crippen molar-refractivity contribution in [3.63, 3.8) is 0 Å². The largest absolute Gasteiger partial charge is 0.497 e. The third-order valence-corrected chi connectivity index (χ3v) is 5.37. The van der Waals surface area contributed by atoms with Crippen LogP contribution in [-0.4, -0.2) is 31.9 Å². The maximum atomic E-state index is 12.3. The average Bonchev–Trinajstić information content (AvgIpc) is 3.34. The van der Waals surface area contributed by atoms with E-state index in [1.165, 1.54) is 11.3 Å². The second-order valence-corrected chi connectivity index (χ2v) is 7.03. The third-order valence-electron chi connectivity index (χ3n) is 4.33. The Morgan fingerprint density at radius 2 is 1.96 bits per heavy atom. The van der Waals surface area contributed by atoms with Crippen LogP contribution in [0.1, 0.15) is 17.7 Å². The fourth-order valence-electron chi connectivity index (χ4n) is 2.79. The zero-order valence-corrected chi connectivity index (χ0v) is 15.1. The molecule has 6 nitrogen and oxygen atoms in total. The molecular formula is C18H22N2O4S. The second-order valence-electron chi connectivity index (χ2n) is 6.08. The van der Waals surface area contributed by atoms with Gasteiger partial charge in [0, 0.05) is 28.8 Å². The molecule has 134 valence electrons. The monoisotopic (exact) mass is 362 g/mol. The predicted molar refractivity (Wildman–Crippen MR) is 97.5 cm³/mol. The van der Waals surface area contributed by atoms with Gasteiger partial charge in [-0.2, -0.15) is 0 Å². The highest BCUT2D eigenvalue weighted by atomic mass is 32.1. The molecule has 1 aliphatic carbocycles. The zero-order chi connectivity index (χ0) is 17.9. The number of ether oxygens (including phenoxy) is 2. The Kier molecular flexibility index (Phi) is 5.15. The molecule has 1 heterocycles. The number of hydrogen-bond acceptors (Lipinski definition) is 5. The lowest BCUT2D eigenvalue weighted by molar-refractivity contribution is 0.0200. The topological polar surface area (TPSA) is 79.8 Å². The highest BCUT2D eigenvalue weighted by Crippen LogP contribution is 2.46. The normalized spacial score (nSPS) is 16.0. The summed E-state index contributed by atoms with van der Waals surface area (Å²) < 4.78 is 10.4. The smallest absolute Gasteiger partial charge is 0.319 e. The van der Waals surface area contributed by atoms with Gasteiger partial charge < -0.3 is 25.2 Å². The fraction of sp³-hybridized carbons (Fsp3) is 0.389. The Labute approximate surface area is 150 Å². The van der Waals surface area contributed by atoms with Crippen molar-refractivity contribution in [3.8, 4) is 11.5 Å². The van der Waals surface area contributed by atoms with Gasteiger partial charge in [-0.05, 0) is 30.2 Å². The number of thiophene rings is 1. The Morgan fingerprint density at radius 3 is 2.48 bits per heavy atom. The summed E-state index contributed by atoms with van der Waals surface area (Å²) in [4.78, 5) is 13.1. The molecule has 0 saturated heterocycles. The van der Waals surface area contributed by atoms with Crippen molar-refractivity contribution in [2.24, 2.45) is 5.92 Å². The summed E-state index contributed by atoms with van der Waals surface area (Å²) in [5, 5.41) is 18.5. The van der Waals surface area contributed by atoms with Crippen LogP contribution in [0.2, 0.25) is 0 Å². The summed E-state index contributed by atoms with van der Waals surface area (Å²) in [6, 6.07) is 8.58. The van der Waals surface area contributed by atoms with E-state index in [9.17, 15) is 9.90 Å². The van der Waals surface area contributed by atoms with Crippen molar-refractivity contribution in [3.05, 3.63) is 40.6 Å². The molecule has 1 atom stereocenters. The molecule has 1 aliphatic rings. The van der Waals surface area contributed by atoms with Crippen molar-refractivity contribution in [1.82, 2.24) is 5.32 Å². The quantitative estimate of drug-likeness (QED) is 0.707. The first-order chi connectivity index (χ1) is 12.0. The molecule has 0 bridgehead atoms. The summed E-state index contributed by atoms with van der Waals surface area (Å²) in [5.74, 6) is 1.37. The zero-order valence-electron chi connectivity index (χ0n) is 14.2. The molecule has 2 amide bonds. The van der Waals surface area contributed by atoms with Crippen molar-refractivity contribution in [2.75, 3.05) is 26.1 Å². The molecule has 2 aromatic rings. The molecule has 1 aromatic carbocycles. The van der Waals surface area contributed by atoms with E-state index in [-0.39, 0.29) is 18.5 Å². The summed E-state index contributed by atoms with van der Waals surface area (Å²) in [6.45, 7) is 0.172. The molecule has 1 saturated carbocycles. The van der Waals surface area contributed by atoms with Crippen molar-refractivity contribution in [2.45, 2.75) is 18.4 Å². The van der Waals surface area contributed by atoms with E-state index in [2.05, 4.69) is 10.6 Å². The van der Waals surface area contributed by atoms with Crippen molar-refractivity contribution in [1.29, 1.82) is 0 Å². The van der Waals surface area contributed by atoms with E-state index in [0.717, 1.165) is 17.7 Å². The third kappa shape index (κ3) is 4.05. The van der Waals surface area contributed by atoms with Crippen LogP contribution >= 0.6 is 11.3 Å². The van der Waals surface area contributed by atoms with Gasteiger partial charge in [0.2, 0.25) is 0 Å². The van der Waals surface area contributed by atoms with Crippen LogP contribution < -0.4 is 20.1 Å². The van der Waals surface area contributed by atoms with Gasteiger partial charge in [0.15, 0.2) is 0 Å². The first-order valence-corrected chi connectivity index (χ1v) is 8.97. The molecule has 25 heavy (non-hydrogen) atoms. The number of amides is 2. The lowest BCUT2D eigenvalue weighted by Crippen LogP contribution is -2.43. The number of benzene rings is 1. The van der Waals surface area contributed by atoms with E-state index < -0.39 is 5.60 Å². The number of hydrogen-bond donors (Lipinski definition) is 3. The van der Waals surface area contributed by atoms with Crippen LogP contribution in [0, 0.1) is 5.92 Å². The van der Waals surface area contributed by atoms with E-state index in [1.807, 2.05) is 17.5 Å². The van der Waals surface area contributed by atoms with Crippen LogP contribution in [0.15, 0.2) is 35.7 Å². The number of anilines is 1. The number of rotatable bonds is 7. The Hall–Kier alpha value is -2.25. The van der Waals surface area contributed by atoms with Gasteiger partial charge in [-0.25, -0.2) is 4.79 Å². The first kappa shape index (κ1) is 17.6. The summed E-state index contributed by atoms with van der Waals surface area (Å²) >= 11 is 1.51. The molecule has 1 aromatic heterocycles. The van der Waals surface area contributed by atoms with Crippen molar-refractivity contribution >= 4 is 23.1 Å². The number of nitrogens with one attached hydrogen (secondary N) is 2. The summed E-state index contributed by atoms with van der Waals surface area (Å²) in [6.07, 6.45) is 1.95. The van der Waals surface area contributed by atoms with Crippen LogP contribution in [0.3, 0.4) is 0 Å². The highest BCUT2D eigenvalue weighted by molar-refractivity contribution is 7.10. The minimum absolute atomic E-state index is 0.172. The van der Waals surface area contributed by atoms with Crippen LogP contribution in [0.25, 0.3) is 0 Å². The Bertz CT molecular complexity index is 708. The fourth-order valence-corrected chi connectivity index (χ4v) is 3.69. The van der Waals surface area contributed by atoms with Gasteiger partial charge in [0.05, 0.1) is 20.8 Å². The SMILES string of the molecule is COc1cc(NC(=O)NCC(O)(c2cccs2)C2CC2)cc(OC)c1. The van der Waals surface area contributed by atoms with Gasteiger partial charge in [-0.1, -0.05) is 6.07 Å².